The summed E-state index contributed by atoms with van der Waals surface area (Å²) in [6, 6.07) is 3.41. The molecule has 0 heterocycles. The molecule has 1 fully saturated rings. The van der Waals surface area contributed by atoms with Crippen LogP contribution in [0.5, 0.6) is 0 Å². The second-order valence-corrected chi connectivity index (χ2v) is 6.19. The molecule has 2 rings (SSSR count). The molecule has 0 N–H and O–H groups in total. The molecule has 1 aromatic carbocycles. The molecule has 106 valence electrons. The van der Waals surface area contributed by atoms with Crippen LogP contribution in [-0.2, 0) is 6.42 Å². The van der Waals surface area contributed by atoms with E-state index in [0.29, 0.717) is 17.5 Å². The maximum absolute atomic E-state index is 13.7. The fraction of sp³-hybridized carbons (Fsp3) is 0.647. The van der Waals surface area contributed by atoms with Crippen LogP contribution in [0.4, 0.5) is 8.78 Å². The average molecular weight is 266 g/mol. The summed E-state index contributed by atoms with van der Waals surface area (Å²) in [5.74, 6) is 0.357. The molecule has 1 aliphatic rings. The normalized spacial score (nSPS) is 23.6. The number of rotatable bonds is 4. The van der Waals surface area contributed by atoms with Gasteiger partial charge in [-0.2, -0.15) is 0 Å². The standard InChI is InChI=1S/C17H24F2/c1-12-6-9-14(10-7-12)4-3-5-15-11-8-13(2)16(18)17(15)19/h8,11-12,14H,3-7,9-10H2,1-2H3. The molecule has 1 aromatic rings. The Morgan fingerprint density at radius 3 is 2.42 bits per heavy atom. The van der Waals surface area contributed by atoms with Crippen LogP contribution in [0.2, 0.25) is 0 Å². The van der Waals surface area contributed by atoms with E-state index in [9.17, 15) is 8.78 Å². The van der Waals surface area contributed by atoms with E-state index in [1.807, 2.05) is 0 Å². The highest BCUT2D eigenvalue weighted by Crippen LogP contribution is 2.31. The summed E-state index contributed by atoms with van der Waals surface area (Å²) in [4.78, 5) is 0. The third kappa shape index (κ3) is 3.77. The van der Waals surface area contributed by atoms with Gasteiger partial charge in [-0.25, -0.2) is 8.78 Å². The molecule has 0 bridgehead atoms. The lowest BCUT2D eigenvalue weighted by atomic mass is 9.80. The summed E-state index contributed by atoms with van der Waals surface area (Å²) < 4.78 is 27.1. The van der Waals surface area contributed by atoms with Crippen molar-refractivity contribution in [1.29, 1.82) is 0 Å². The molecule has 0 aromatic heterocycles. The molecule has 19 heavy (non-hydrogen) atoms. The van der Waals surface area contributed by atoms with Gasteiger partial charge in [-0.15, -0.1) is 0 Å². The Morgan fingerprint density at radius 1 is 1.05 bits per heavy atom. The van der Waals surface area contributed by atoms with Crippen LogP contribution in [0.1, 0.15) is 56.6 Å². The minimum Gasteiger partial charge on any atom is -0.203 e. The molecule has 0 spiro atoms. The Bertz CT molecular complexity index is 418. The van der Waals surface area contributed by atoms with E-state index in [4.69, 9.17) is 0 Å². The summed E-state index contributed by atoms with van der Waals surface area (Å²) in [5, 5.41) is 0. The van der Waals surface area contributed by atoms with Crippen molar-refractivity contribution in [2.75, 3.05) is 0 Å². The number of aryl methyl sites for hydroxylation is 2. The maximum Gasteiger partial charge on any atom is 0.162 e. The van der Waals surface area contributed by atoms with Crippen LogP contribution < -0.4 is 0 Å². The van der Waals surface area contributed by atoms with Crippen molar-refractivity contribution < 1.29 is 8.78 Å². The number of hydrogen-bond acceptors (Lipinski definition) is 0. The van der Waals surface area contributed by atoms with Crippen molar-refractivity contribution in [3.63, 3.8) is 0 Å². The first-order chi connectivity index (χ1) is 9.08. The van der Waals surface area contributed by atoms with E-state index >= 15 is 0 Å². The molecule has 0 unspecified atom stereocenters. The number of halogens is 2. The van der Waals surface area contributed by atoms with Crippen LogP contribution in [-0.4, -0.2) is 0 Å². The zero-order valence-corrected chi connectivity index (χ0v) is 12.0. The van der Waals surface area contributed by atoms with Crippen molar-refractivity contribution in [3.05, 3.63) is 34.9 Å². The van der Waals surface area contributed by atoms with Gasteiger partial charge < -0.3 is 0 Å². The molecule has 0 amide bonds. The fourth-order valence-corrected chi connectivity index (χ4v) is 3.08. The van der Waals surface area contributed by atoms with E-state index in [0.717, 1.165) is 24.7 Å². The monoisotopic (exact) mass is 266 g/mol. The summed E-state index contributed by atoms with van der Waals surface area (Å²) in [5.41, 5.74) is 0.926. The topological polar surface area (TPSA) is 0 Å². The first-order valence-corrected chi connectivity index (χ1v) is 7.51. The minimum absolute atomic E-state index is 0.391. The minimum atomic E-state index is -0.677. The van der Waals surface area contributed by atoms with Crippen molar-refractivity contribution in [2.45, 2.75) is 58.8 Å². The van der Waals surface area contributed by atoms with Crippen molar-refractivity contribution in [1.82, 2.24) is 0 Å². The van der Waals surface area contributed by atoms with Gasteiger partial charge in [0.15, 0.2) is 11.6 Å². The number of benzene rings is 1. The van der Waals surface area contributed by atoms with Crippen LogP contribution in [0.3, 0.4) is 0 Å². The molecular weight excluding hydrogens is 242 g/mol. The van der Waals surface area contributed by atoms with Gasteiger partial charge in [0.05, 0.1) is 0 Å². The lowest BCUT2D eigenvalue weighted by molar-refractivity contribution is 0.273. The third-order valence-corrected chi connectivity index (χ3v) is 4.55. The van der Waals surface area contributed by atoms with Crippen molar-refractivity contribution in [3.8, 4) is 0 Å². The van der Waals surface area contributed by atoms with Gasteiger partial charge in [-0.3, -0.25) is 0 Å². The van der Waals surface area contributed by atoms with Crippen LogP contribution in [0.15, 0.2) is 12.1 Å². The summed E-state index contributed by atoms with van der Waals surface area (Å²) in [7, 11) is 0. The van der Waals surface area contributed by atoms with E-state index in [1.54, 1.807) is 19.1 Å². The van der Waals surface area contributed by atoms with Crippen LogP contribution in [0, 0.1) is 30.4 Å². The zero-order chi connectivity index (χ0) is 13.8. The smallest absolute Gasteiger partial charge is 0.162 e. The van der Waals surface area contributed by atoms with Gasteiger partial charge in [-0.05, 0) is 42.7 Å². The van der Waals surface area contributed by atoms with Gasteiger partial charge in [0.2, 0.25) is 0 Å². The van der Waals surface area contributed by atoms with Crippen LogP contribution in [0.25, 0.3) is 0 Å². The molecule has 1 saturated carbocycles. The highest BCUT2D eigenvalue weighted by molar-refractivity contribution is 5.25. The zero-order valence-electron chi connectivity index (χ0n) is 12.0. The predicted molar refractivity (Wildman–Crippen MR) is 75.2 cm³/mol. The van der Waals surface area contributed by atoms with Crippen LogP contribution >= 0.6 is 0 Å². The molecule has 0 aliphatic heterocycles. The Labute approximate surface area is 115 Å². The number of hydrogen-bond donors (Lipinski definition) is 0. The molecule has 0 atom stereocenters. The highest BCUT2D eigenvalue weighted by Gasteiger charge is 2.18. The Hall–Kier alpha value is -0.920. The quantitative estimate of drug-likeness (QED) is 0.682. The first kappa shape index (κ1) is 14.5. The summed E-state index contributed by atoms with van der Waals surface area (Å²) in [6.07, 6.45) is 8.07. The lowest BCUT2D eigenvalue weighted by Gasteiger charge is -2.26. The SMILES string of the molecule is Cc1ccc(CCCC2CCC(C)CC2)c(F)c1F. The predicted octanol–water partition coefficient (Wildman–Crippen LogP) is 5.42. The molecule has 0 saturated heterocycles. The third-order valence-electron chi connectivity index (χ3n) is 4.55. The van der Waals surface area contributed by atoms with Gasteiger partial charge in [0, 0.05) is 0 Å². The summed E-state index contributed by atoms with van der Waals surface area (Å²) in [6.45, 7) is 3.92. The van der Waals surface area contributed by atoms with Gasteiger partial charge in [0.25, 0.3) is 0 Å². The van der Waals surface area contributed by atoms with Crippen molar-refractivity contribution in [2.24, 2.45) is 11.8 Å². The second-order valence-electron chi connectivity index (χ2n) is 6.19. The van der Waals surface area contributed by atoms with E-state index in [2.05, 4.69) is 6.92 Å². The Balaban J connectivity index is 1.81. The van der Waals surface area contributed by atoms with Gasteiger partial charge in [-0.1, -0.05) is 51.2 Å². The van der Waals surface area contributed by atoms with Crippen molar-refractivity contribution >= 4 is 0 Å². The van der Waals surface area contributed by atoms with Gasteiger partial charge >= 0.3 is 0 Å². The first-order valence-electron chi connectivity index (χ1n) is 7.51. The molecule has 0 nitrogen and oxygen atoms in total. The largest absolute Gasteiger partial charge is 0.203 e. The molecule has 1 aliphatic carbocycles. The lowest BCUT2D eigenvalue weighted by Crippen LogP contribution is -2.12. The van der Waals surface area contributed by atoms with E-state index < -0.39 is 11.6 Å². The maximum atomic E-state index is 13.7. The van der Waals surface area contributed by atoms with E-state index in [1.165, 1.54) is 25.7 Å². The fourth-order valence-electron chi connectivity index (χ4n) is 3.08. The average Bonchev–Trinajstić information content (AvgIpc) is 2.41. The Morgan fingerprint density at radius 2 is 1.74 bits per heavy atom. The highest BCUT2D eigenvalue weighted by atomic mass is 19.2. The Kier molecular flexibility index (Phi) is 4.95. The molecular formula is C17H24F2. The van der Waals surface area contributed by atoms with E-state index in [-0.39, 0.29) is 0 Å². The molecule has 0 radical (unpaired) electrons. The summed E-state index contributed by atoms with van der Waals surface area (Å²) >= 11 is 0. The second kappa shape index (κ2) is 6.49. The molecule has 2 heteroatoms. The van der Waals surface area contributed by atoms with Gasteiger partial charge in [0.1, 0.15) is 0 Å².